The third-order valence-electron chi connectivity index (χ3n) is 4.17. The Morgan fingerprint density at radius 3 is 2.65 bits per heavy atom. The van der Waals surface area contributed by atoms with Crippen molar-refractivity contribution in [2.75, 3.05) is 0 Å². The molecule has 2 aliphatic heterocycles. The molecule has 0 bridgehead atoms. The van der Waals surface area contributed by atoms with Gasteiger partial charge in [-0.15, -0.1) is 0 Å². The van der Waals surface area contributed by atoms with Gasteiger partial charge in [-0.1, -0.05) is 35.5 Å². The van der Waals surface area contributed by atoms with E-state index in [1.807, 2.05) is 70.9 Å². The van der Waals surface area contributed by atoms with E-state index in [-0.39, 0.29) is 0 Å². The van der Waals surface area contributed by atoms with E-state index in [2.05, 4.69) is 20.5 Å². The molecule has 0 aliphatic carbocycles. The van der Waals surface area contributed by atoms with Gasteiger partial charge in [-0.2, -0.15) is 11.3 Å². The van der Waals surface area contributed by atoms with Crippen molar-refractivity contribution < 1.29 is 4.52 Å². The first kappa shape index (κ1) is 15.0. The lowest BCUT2D eigenvalue weighted by Gasteiger charge is -2.04. The minimum Gasteiger partial charge on any atom is -0.359 e. The molecule has 0 atom stereocenters. The van der Waals surface area contributed by atoms with E-state index in [9.17, 15) is 0 Å². The summed E-state index contributed by atoms with van der Waals surface area (Å²) >= 11 is 1.65. The first-order valence-electron chi connectivity index (χ1n) is 8.22. The minimum atomic E-state index is 0.594. The number of pyridine rings is 1. The molecule has 1 aromatic carbocycles. The number of imidazole rings is 1. The van der Waals surface area contributed by atoms with Crippen molar-refractivity contribution in [1.82, 2.24) is 19.7 Å². The third kappa shape index (κ3) is 2.80. The van der Waals surface area contributed by atoms with E-state index < -0.39 is 0 Å². The van der Waals surface area contributed by atoms with Gasteiger partial charge in [0, 0.05) is 35.0 Å². The van der Waals surface area contributed by atoms with Crippen LogP contribution in [0.25, 0.3) is 34.0 Å². The summed E-state index contributed by atoms with van der Waals surface area (Å²) in [6.45, 7) is 0.594. The zero-order valence-electron chi connectivity index (χ0n) is 13.7. The van der Waals surface area contributed by atoms with Crippen molar-refractivity contribution in [3.63, 3.8) is 0 Å². The zero-order chi connectivity index (χ0) is 17.3. The summed E-state index contributed by atoms with van der Waals surface area (Å²) in [7, 11) is 0. The van der Waals surface area contributed by atoms with Crippen LogP contribution in [0.4, 0.5) is 0 Å². The summed E-state index contributed by atoms with van der Waals surface area (Å²) in [5.41, 5.74) is 4.71. The van der Waals surface area contributed by atoms with E-state index in [4.69, 9.17) is 4.52 Å². The molecule has 4 heterocycles. The molecule has 126 valence electrons. The molecule has 0 saturated carbocycles. The Bertz CT molecular complexity index is 1110. The number of benzene rings is 1. The first-order chi connectivity index (χ1) is 12.8. The van der Waals surface area contributed by atoms with Gasteiger partial charge < -0.3 is 9.09 Å². The van der Waals surface area contributed by atoms with Crippen molar-refractivity contribution in [3.05, 3.63) is 77.4 Å². The van der Waals surface area contributed by atoms with Gasteiger partial charge in [0.1, 0.15) is 11.4 Å². The molecule has 5 nitrogen and oxygen atoms in total. The normalized spacial score (nSPS) is 11.2. The third-order valence-corrected chi connectivity index (χ3v) is 4.86. The fourth-order valence-electron chi connectivity index (χ4n) is 2.88. The average Bonchev–Trinajstić information content (AvgIpc) is 3.42. The zero-order valence-corrected chi connectivity index (χ0v) is 14.6. The van der Waals surface area contributed by atoms with Gasteiger partial charge in [0.25, 0.3) is 0 Å². The van der Waals surface area contributed by atoms with Gasteiger partial charge >= 0.3 is 0 Å². The van der Waals surface area contributed by atoms with E-state index in [0.29, 0.717) is 6.54 Å². The van der Waals surface area contributed by atoms with Gasteiger partial charge in [0.15, 0.2) is 11.6 Å². The lowest BCUT2D eigenvalue weighted by molar-refractivity contribution is 0.378. The van der Waals surface area contributed by atoms with Crippen molar-refractivity contribution in [3.8, 4) is 34.0 Å². The fraction of sp³-hybridized carbons (Fsp3) is 0.0500. The van der Waals surface area contributed by atoms with E-state index in [0.717, 1.165) is 39.8 Å². The molecule has 0 radical (unpaired) electrons. The summed E-state index contributed by atoms with van der Waals surface area (Å²) in [5, 5.41) is 8.26. The van der Waals surface area contributed by atoms with E-state index >= 15 is 0 Å². The van der Waals surface area contributed by atoms with Crippen LogP contribution in [0.5, 0.6) is 0 Å². The molecular formula is C20H14N4OS. The highest BCUT2D eigenvalue weighted by atomic mass is 32.1. The highest BCUT2D eigenvalue weighted by molar-refractivity contribution is 7.08. The largest absolute Gasteiger partial charge is 0.359 e. The smallest absolute Gasteiger partial charge is 0.161 e. The lowest BCUT2D eigenvalue weighted by Crippen LogP contribution is -1.99. The molecule has 6 heteroatoms. The van der Waals surface area contributed by atoms with Crippen LogP contribution in [-0.4, -0.2) is 19.7 Å². The maximum atomic E-state index is 5.49. The van der Waals surface area contributed by atoms with Crippen LogP contribution in [0.15, 0.2) is 76.2 Å². The van der Waals surface area contributed by atoms with Crippen molar-refractivity contribution >= 4 is 11.3 Å². The Hall–Kier alpha value is -3.25. The number of rotatable bonds is 4. The van der Waals surface area contributed by atoms with Crippen LogP contribution in [-0.2, 0) is 6.54 Å². The van der Waals surface area contributed by atoms with Crippen LogP contribution in [0, 0.1) is 0 Å². The van der Waals surface area contributed by atoms with Crippen LogP contribution in [0.2, 0.25) is 0 Å². The molecule has 2 aliphatic rings. The van der Waals surface area contributed by atoms with Crippen molar-refractivity contribution in [1.29, 1.82) is 0 Å². The maximum absolute atomic E-state index is 5.49. The average molecular weight is 358 g/mol. The maximum Gasteiger partial charge on any atom is 0.161 e. The Kier molecular flexibility index (Phi) is 3.61. The van der Waals surface area contributed by atoms with Gasteiger partial charge in [-0.05, 0) is 17.5 Å². The molecule has 3 aromatic rings. The number of nitrogens with zero attached hydrogens (tertiary/aromatic N) is 4. The van der Waals surface area contributed by atoms with E-state index in [1.54, 1.807) is 11.3 Å². The van der Waals surface area contributed by atoms with Gasteiger partial charge in [0.2, 0.25) is 0 Å². The van der Waals surface area contributed by atoms with Gasteiger partial charge in [0.05, 0.1) is 12.2 Å². The Balaban J connectivity index is 1.42. The summed E-state index contributed by atoms with van der Waals surface area (Å²) in [6, 6.07) is 16.0. The highest BCUT2D eigenvalue weighted by Crippen LogP contribution is 2.26. The topological polar surface area (TPSA) is 56.7 Å². The molecule has 0 spiro atoms. The molecule has 0 N–H and O–H groups in total. The van der Waals surface area contributed by atoms with Gasteiger partial charge in [-0.25, -0.2) is 9.97 Å². The number of thiophene rings is 1. The molecule has 0 fully saturated rings. The molecule has 2 aromatic heterocycles. The Morgan fingerprint density at radius 1 is 0.923 bits per heavy atom. The second-order valence-electron chi connectivity index (χ2n) is 5.99. The quantitative estimate of drug-likeness (QED) is 0.462. The second kappa shape index (κ2) is 6.24. The van der Waals surface area contributed by atoms with Crippen LogP contribution in [0.1, 0.15) is 5.76 Å². The van der Waals surface area contributed by atoms with Gasteiger partial charge in [-0.3, -0.25) is 0 Å². The first-order valence-corrected chi connectivity index (χ1v) is 9.16. The monoisotopic (exact) mass is 358 g/mol. The summed E-state index contributed by atoms with van der Waals surface area (Å²) in [5.74, 6) is 1.57. The second-order valence-corrected chi connectivity index (χ2v) is 6.77. The SMILES string of the molecule is c1ccc(-c2cc(Cn3ccc4nc(-c5ccsc5)nc-4c3)on2)cc1. The summed E-state index contributed by atoms with van der Waals surface area (Å²) in [6.07, 6.45) is 3.97. The molecule has 0 unspecified atom stereocenters. The van der Waals surface area contributed by atoms with Crippen LogP contribution < -0.4 is 0 Å². The van der Waals surface area contributed by atoms with Crippen molar-refractivity contribution in [2.24, 2.45) is 0 Å². The number of aromatic nitrogens is 4. The van der Waals surface area contributed by atoms with Crippen LogP contribution >= 0.6 is 11.3 Å². The minimum absolute atomic E-state index is 0.594. The molecular weight excluding hydrogens is 344 g/mol. The van der Waals surface area contributed by atoms with E-state index in [1.165, 1.54) is 0 Å². The standard InChI is InChI=1S/C20H14N4OS/c1-2-4-14(5-3-1)18-10-16(25-23-18)11-24-8-6-17-19(12-24)22-20(21-17)15-7-9-26-13-15/h1-10,12-13H,11H2. The number of hydrogen-bond donors (Lipinski definition) is 0. The molecule has 0 amide bonds. The lowest BCUT2D eigenvalue weighted by atomic mass is 10.1. The predicted molar refractivity (Wildman–Crippen MR) is 101 cm³/mol. The Labute approximate surface area is 153 Å². The molecule has 26 heavy (non-hydrogen) atoms. The fourth-order valence-corrected chi connectivity index (χ4v) is 3.52. The number of fused-ring (bicyclic) bond motifs is 1. The van der Waals surface area contributed by atoms with Crippen molar-refractivity contribution in [2.45, 2.75) is 6.54 Å². The Morgan fingerprint density at radius 2 is 1.81 bits per heavy atom. The summed E-state index contributed by atoms with van der Waals surface area (Å²) in [4.78, 5) is 9.23. The van der Waals surface area contributed by atoms with Crippen LogP contribution in [0.3, 0.4) is 0 Å². The molecule has 0 saturated heterocycles. The molecule has 5 rings (SSSR count). The summed E-state index contributed by atoms with van der Waals surface area (Å²) < 4.78 is 7.53. The number of hydrogen-bond acceptors (Lipinski definition) is 5. The predicted octanol–water partition coefficient (Wildman–Crippen LogP) is 4.81. The highest BCUT2D eigenvalue weighted by Gasteiger charge is 2.13.